The number of aryl methyl sites for hydroxylation is 1. The quantitative estimate of drug-likeness (QED) is 0.854. The second kappa shape index (κ2) is 5.36. The van der Waals surface area contributed by atoms with Crippen LogP contribution in [0.25, 0.3) is 0 Å². The zero-order valence-electron chi connectivity index (χ0n) is 11.1. The zero-order valence-corrected chi connectivity index (χ0v) is 11.1. The zero-order chi connectivity index (χ0) is 12.4. The average Bonchev–Trinajstić information content (AvgIpc) is 3.12. The van der Waals surface area contributed by atoms with Crippen LogP contribution >= 0.6 is 0 Å². The van der Waals surface area contributed by atoms with Crippen molar-refractivity contribution in [3.63, 3.8) is 0 Å². The summed E-state index contributed by atoms with van der Waals surface area (Å²) in [6.07, 6.45) is 5.34. The molecule has 1 aliphatic carbocycles. The highest BCUT2D eigenvalue weighted by molar-refractivity contribution is 4.85. The molecule has 5 nitrogen and oxygen atoms in total. The molecular formula is C13H22N4O. The minimum atomic E-state index is 0.661. The number of nitrogens with one attached hydrogen (secondary N) is 1. The largest absolute Gasteiger partial charge is 0.424 e. The van der Waals surface area contributed by atoms with Crippen molar-refractivity contribution in [2.75, 3.05) is 19.6 Å². The Morgan fingerprint density at radius 2 is 2.00 bits per heavy atom. The summed E-state index contributed by atoms with van der Waals surface area (Å²) >= 11 is 0. The van der Waals surface area contributed by atoms with Crippen molar-refractivity contribution < 1.29 is 4.42 Å². The number of piperidine rings is 1. The summed E-state index contributed by atoms with van der Waals surface area (Å²) in [7, 11) is 0. The second-order valence-electron chi connectivity index (χ2n) is 5.62. The van der Waals surface area contributed by atoms with E-state index in [9.17, 15) is 0 Å². The minimum Gasteiger partial charge on any atom is -0.424 e. The molecule has 100 valence electrons. The van der Waals surface area contributed by atoms with Crippen LogP contribution in [0.5, 0.6) is 0 Å². The van der Waals surface area contributed by atoms with Gasteiger partial charge in [-0.15, -0.1) is 10.2 Å². The molecule has 0 spiro atoms. The fourth-order valence-corrected chi connectivity index (χ4v) is 2.56. The van der Waals surface area contributed by atoms with E-state index in [4.69, 9.17) is 4.42 Å². The van der Waals surface area contributed by atoms with Gasteiger partial charge >= 0.3 is 0 Å². The van der Waals surface area contributed by atoms with Gasteiger partial charge in [0.15, 0.2) is 0 Å². The van der Waals surface area contributed by atoms with Crippen molar-refractivity contribution in [1.29, 1.82) is 0 Å². The average molecular weight is 250 g/mol. The molecule has 0 amide bonds. The van der Waals surface area contributed by atoms with Gasteiger partial charge < -0.3 is 9.73 Å². The lowest BCUT2D eigenvalue weighted by atomic mass is 9.97. The second-order valence-corrected chi connectivity index (χ2v) is 5.62. The molecule has 0 aromatic carbocycles. The maximum absolute atomic E-state index is 5.42. The van der Waals surface area contributed by atoms with E-state index in [0.717, 1.165) is 37.5 Å². The molecule has 1 aromatic heterocycles. The van der Waals surface area contributed by atoms with Gasteiger partial charge in [-0.05, 0) is 51.2 Å². The molecule has 3 rings (SSSR count). The van der Waals surface area contributed by atoms with E-state index in [-0.39, 0.29) is 0 Å². The lowest BCUT2D eigenvalue weighted by Gasteiger charge is -2.31. The van der Waals surface area contributed by atoms with Gasteiger partial charge in [-0.25, -0.2) is 0 Å². The highest BCUT2D eigenvalue weighted by Crippen LogP contribution is 2.22. The Kier molecular flexibility index (Phi) is 3.61. The van der Waals surface area contributed by atoms with Gasteiger partial charge in [-0.3, -0.25) is 4.90 Å². The van der Waals surface area contributed by atoms with Crippen LogP contribution in [0.2, 0.25) is 0 Å². The summed E-state index contributed by atoms with van der Waals surface area (Å²) in [5.41, 5.74) is 0. The maximum Gasteiger partial charge on any atom is 0.230 e. The molecule has 0 atom stereocenters. The first-order valence-electron chi connectivity index (χ1n) is 7.04. The first kappa shape index (κ1) is 12.1. The topological polar surface area (TPSA) is 54.2 Å². The summed E-state index contributed by atoms with van der Waals surface area (Å²) in [4.78, 5) is 2.42. The van der Waals surface area contributed by atoms with E-state index >= 15 is 0 Å². The lowest BCUT2D eigenvalue weighted by molar-refractivity contribution is 0.161. The summed E-state index contributed by atoms with van der Waals surface area (Å²) in [5, 5.41) is 11.6. The van der Waals surface area contributed by atoms with Gasteiger partial charge in [0, 0.05) is 13.0 Å². The summed E-state index contributed by atoms with van der Waals surface area (Å²) < 4.78 is 5.42. The van der Waals surface area contributed by atoms with Crippen molar-refractivity contribution in [3.05, 3.63) is 11.8 Å². The number of likely N-dealkylation sites (tertiary alicyclic amines) is 1. The third kappa shape index (κ3) is 3.29. The van der Waals surface area contributed by atoms with E-state index in [1.54, 1.807) is 0 Å². The van der Waals surface area contributed by atoms with Crippen LogP contribution in [0.4, 0.5) is 0 Å². The summed E-state index contributed by atoms with van der Waals surface area (Å²) in [6, 6.07) is 0.837. The van der Waals surface area contributed by atoms with Crippen LogP contribution < -0.4 is 5.32 Å². The first-order chi connectivity index (χ1) is 8.79. The van der Waals surface area contributed by atoms with Gasteiger partial charge in [-0.2, -0.15) is 0 Å². The van der Waals surface area contributed by atoms with Crippen molar-refractivity contribution in [3.8, 4) is 0 Å². The van der Waals surface area contributed by atoms with Gasteiger partial charge in [0.2, 0.25) is 11.8 Å². The van der Waals surface area contributed by atoms with Gasteiger partial charge in [0.1, 0.15) is 0 Å². The van der Waals surface area contributed by atoms with E-state index in [2.05, 4.69) is 20.4 Å². The van der Waals surface area contributed by atoms with Crippen molar-refractivity contribution in [2.45, 2.75) is 45.2 Å². The summed E-state index contributed by atoms with van der Waals surface area (Å²) in [6.45, 7) is 6.16. The highest BCUT2D eigenvalue weighted by atomic mass is 16.4. The summed E-state index contributed by atoms with van der Waals surface area (Å²) in [5.74, 6) is 2.27. The molecule has 1 N–H and O–H groups in total. The molecule has 2 heterocycles. The Hall–Kier alpha value is -0.940. The van der Waals surface area contributed by atoms with Crippen LogP contribution in [-0.4, -0.2) is 40.8 Å². The van der Waals surface area contributed by atoms with Crippen LogP contribution in [0.1, 0.15) is 37.5 Å². The molecule has 0 radical (unpaired) electrons. The molecule has 2 fully saturated rings. The van der Waals surface area contributed by atoms with Crippen molar-refractivity contribution in [1.82, 2.24) is 20.4 Å². The molecular weight excluding hydrogens is 228 g/mol. The van der Waals surface area contributed by atoms with Crippen LogP contribution in [0.15, 0.2) is 4.42 Å². The predicted molar refractivity (Wildman–Crippen MR) is 68.1 cm³/mol. The SMILES string of the molecule is Cc1nnc(CN2CCC(CNC3CC3)CC2)o1. The monoisotopic (exact) mass is 250 g/mol. The van der Waals surface area contributed by atoms with Crippen molar-refractivity contribution in [2.24, 2.45) is 5.92 Å². The lowest BCUT2D eigenvalue weighted by Crippen LogP contribution is -2.37. The Morgan fingerprint density at radius 3 is 2.61 bits per heavy atom. The van der Waals surface area contributed by atoms with Crippen LogP contribution in [0, 0.1) is 12.8 Å². The first-order valence-corrected chi connectivity index (χ1v) is 7.04. The Bertz CT molecular complexity index is 380. The Morgan fingerprint density at radius 1 is 1.22 bits per heavy atom. The third-order valence-corrected chi connectivity index (χ3v) is 3.91. The Balaban J connectivity index is 1.39. The van der Waals surface area contributed by atoms with Crippen molar-refractivity contribution >= 4 is 0 Å². The van der Waals surface area contributed by atoms with Gasteiger partial charge in [0.25, 0.3) is 0 Å². The fourth-order valence-electron chi connectivity index (χ4n) is 2.56. The number of hydrogen-bond donors (Lipinski definition) is 1. The predicted octanol–water partition coefficient (Wildman–Crippen LogP) is 1.34. The Labute approximate surface area is 108 Å². The van der Waals surface area contributed by atoms with Gasteiger partial charge in [-0.1, -0.05) is 0 Å². The fraction of sp³-hybridized carbons (Fsp3) is 0.846. The van der Waals surface area contributed by atoms with Gasteiger partial charge in [0.05, 0.1) is 6.54 Å². The van der Waals surface area contributed by atoms with Crippen LogP contribution in [0.3, 0.4) is 0 Å². The highest BCUT2D eigenvalue weighted by Gasteiger charge is 2.24. The molecule has 1 aromatic rings. The molecule has 0 unspecified atom stereocenters. The normalized spacial score (nSPS) is 22.5. The number of nitrogens with zero attached hydrogens (tertiary/aromatic N) is 3. The van der Waals surface area contributed by atoms with E-state index in [0.29, 0.717) is 5.89 Å². The number of rotatable bonds is 5. The van der Waals surface area contributed by atoms with E-state index in [1.807, 2.05) is 6.92 Å². The number of hydrogen-bond acceptors (Lipinski definition) is 5. The molecule has 18 heavy (non-hydrogen) atoms. The molecule has 1 saturated carbocycles. The minimum absolute atomic E-state index is 0.661. The van der Waals surface area contributed by atoms with E-state index < -0.39 is 0 Å². The molecule has 5 heteroatoms. The smallest absolute Gasteiger partial charge is 0.230 e. The van der Waals surface area contributed by atoms with E-state index in [1.165, 1.54) is 32.2 Å². The molecule has 2 aliphatic rings. The molecule has 1 saturated heterocycles. The standard InChI is InChI=1S/C13H22N4O/c1-10-15-16-13(18-10)9-17-6-4-11(5-7-17)8-14-12-2-3-12/h11-12,14H,2-9H2,1H3. The van der Waals surface area contributed by atoms with Crippen LogP contribution in [-0.2, 0) is 6.54 Å². The number of aromatic nitrogens is 2. The molecule has 0 bridgehead atoms. The third-order valence-electron chi connectivity index (χ3n) is 3.91. The molecule has 1 aliphatic heterocycles. The maximum atomic E-state index is 5.42.